The van der Waals surface area contributed by atoms with Crippen LogP contribution in [0.1, 0.15) is 18.1 Å². The summed E-state index contributed by atoms with van der Waals surface area (Å²) in [6, 6.07) is 6.26. The van der Waals surface area contributed by atoms with E-state index in [-0.39, 0.29) is 11.9 Å². The number of rotatable bonds is 1. The molecule has 1 aromatic carbocycles. The summed E-state index contributed by atoms with van der Waals surface area (Å²) in [5.74, 6) is -0.235. The molecule has 2 rings (SSSR count). The normalized spacial score (nSPS) is 21.1. The minimum atomic E-state index is -0.235. The Morgan fingerprint density at radius 3 is 2.62 bits per heavy atom. The zero-order chi connectivity index (χ0) is 9.26. The van der Waals surface area contributed by atoms with Crippen LogP contribution in [-0.2, 0) is 4.84 Å². The van der Waals surface area contributed by atoms with Gasteiger partial charge in [-0.3, -0.25) is 0 Å². The van der Waals surface area contributed by atoms with Crippen molar-refractivity contribution in [2.45, 2.75) is 12.5 Å². The summed E-state index contributed by atoms with van der Waals surface area (Å²) >= 11 is 3.24. The first-order chi connectivity index (χ1) is 6.25. The van der Waals surface area contributed by atoms with Crippen LogP contribution in [0.25, 0.3) is 0 Å². The van der Waals surface area contributed by atoms with Gasteiger partial charge in [0, 0.05) is 6.42 Å². The van der Waals surface area contributed by atoms with E-state index in [9.17, 15) is 4.39 Å². The first-order valence-corrected chi connectivity index (χ1v) is 4.68. The Morgan fingerprint density at radius 1 is 1.38 bits per heavy atom. The molecule has 1 atom stereocenters. The molecule has 1 heterocycles. The minimum Gasteiger partial charge on any atom is -0.386 e. The molecule has 1 aliphatic heterocycles. The molecule has 13 heavy (non-hydrogen) atoms. The lowest BCUT2D eigenvalue weighted by molar-refractivity contribution is 0.0857. The van der Waals surface area contributed by atoms with Gasteiger partial charge in [-0.15, -0.1) is 0 Å². The highest BCUT2D eigenvalue weighted by Gasteiger charge is 2.20. The molecule has 0 saturated carbocycles. The van der Waals surface area contributed by atoms with Crippen molar-refractivity contribution in [2.75, 3.05) is 0 Å². The molecular weight excluding hydrogens is 237 g/mol. The molecule has 0 radical (unpaired) electrons. The molecular formula is C9H7BrFNO. The van der Waals surface area contributed by atoms with E-state index in [0.29, 0.717) is 6.42 Å². The molecule has 1 unspecified atom stereocenters. The molecule has 0 amide bonds. The molecule has 0 bridgehead atoms. The second-order valence-corrected chi connectivity index (χ2v) is 3.73. The van der Waals surface area contributed by atoms with Crippen molar-refractivity contribution in [1.29, 1.82) is 0 Å². The standard InChI is InChI=1S/C9H7BrFNO/c10-9-5-8(13-12-9)6-1-3-7(11)4-2-6/h1-4,8H,5H2. The summed E-state index contributed by atoms with van der Waals surface area (Å²) in [6.07, 6.45) is 0.640. The maximum Gasteiger partial charge on any atom is 0.158 e. The van der Waals surface area contributed by atoms with Gasteiger partial charge < -0.3 is 4.84 Å². The van der Waals surface area contributed by atoms with E-state index in [2.05, 4.69) is 21.1 Å². The first kappa shape index (κ1) is 8.69. The molecule has 68 valence electrons. The number of oxime groups is 1. The summed E-state index contributed by atoms with van der Waals surface area (Å²) in [5, 5.41) is 3.76. The molecule has 0 fully saturated rings. The number of hydrogen-bond donors (Lipinski definition) is 0. The van der Waals surface area contributed by atoms with Crippen LogP contribution >= 0.6 is 15.9 Å². The summed E-state index contributed by atoms with van der Waals surface area (Å²) in [6.45, 7) is 0. The summed E-state index contributed by atoms with van der Waals surface area (Å²) in [7, 11) is 0. The molecule has 0 saturated heterocycles. The molecule has 0 spiro atoms. The van der Waals surface area contributed by atoms with Gasteiger partial charge in [0.25, 0.3) is 0 Å². The Labute approximate surface area is 83.5 Å². The quantitative estimate of drug-likeness (QED) is 0.744. The van der Waals surface area contributed by atoms with Crippen LogP contribution in [0.5, 0.6) is 0 Å². The van der Waals surface area contributed by atoms with Gasteiger partial charge in [-0.05, 0) is 33.6 Å². The maximum absolute atomic E-state index is 12.6. The van der Waals surface area contributed by atoms with Crippen LogP contribution in [0.15, 0.2) is 29.4 Å². The molecule has 2 nitrogen and oxygen atoms in total. The van der Waals surface area contributed by atoms with Crippen LogP contribution in [-0.4, -0.2) is 4.62 Å². The Bertz CT molecular complexity index is 336. The van der Waals surface area contributed by atoms with Crippen LogP contribution in [0.2, 0.25) is 0 Å². The van der Waals surface area contributed by atoms with Gasteiger partial charge in [-0.25, -0.2) is 4.39 Å². The van der Waals surface area contributed by atoms with Crippen molar-refractivity contribution in [1.82, 2.24) is 0 Å². The lowest BCUT2D eigenvalue weighted by atomic mass is 10.1. The van der Waals surface area contributed by atoms with Crippen molar-refractivity contribution < 1.29 is 9.23 Å². The minimum absolute atomic E-state index is 0.0741. The molecule has 4 heteroatoms. The molecule has 0 N–H and O–H groups in total. The molecule has 0 aromatic heterocycles. The summed E-state index contributed by atoms with van der Waals surface area (Å²) < 4.78 is 13.4. The summed E-state index contributed by atoms with van der Waals surface area (Å²) in [5.41, 5.74) is 0.944. The molecule has 0 aliphatic carbocycles. The van der Waals surface area contributed by atoms with Gasteiger partial charge in [-0.2, -0.15) is 0 Å². The Kier molecular flexibility index (Phi) is 2.31. The van der Waals surface area contributed by atoms with E-state index in [1.807, 2.05) is 0 Å². The second kappa shape index (κ2) is 3.46. The van der Waals surface area contributed by atoms with Crippen LogP contribution in [0.3, 0.4) is 0 Å². The fourth-order valence-corrected chi connectivity index (χ4v) is 1.58. The van der Waals surface area contributed by atoms with Gasteiger partial charge in [0.1, 0.15) is 10.4 Å². The van der Waals surface area contributed by atoms with Crippen molar-refractivity contribution in [2.24, 2.45) is 5.16 Å². The zero-order valence-electron chi connectivity index (χ0n) is 6.71. The Hall–Kier alpha value is -0.900. The van der Waals surface area contributed by atoms with E-state index in [4.69, 9.17) is 4.84 Å². The number of nitrogens with zero attached hydrogens (tertiary/aromatic N) is 1. The van der Waals surface area contributed by atoms with E-state index >= 15 is 0 Å². The average Bonchev–Trinajstić information content (AvgIpc) is 2.53. The Morgan fingerprint density at radius 2 is 2.08 bits per heavy atom. The van der Waals surface area contributed by atoms with Gasteiger partial charge in [0.2, 0.25) is 0 Å². The van der Waals surface area contributed by atoms with Gasteiger partial charge >= 0.3 is 0 Å². The second-order valence-electron chi connectivity index (χ2n) is 2.82. The van der Waals surface area contributed by atoms with E-state index in [1.54, 1.807) is 12.1 Å². The predicted octanol–water partition coefficient (Wildman–Crippen LogP) is 3.00. The largest absolute Gasteiger partial charge is 0.386 e. The predicted molar refractivity (Wildman–Crippen MR) is 51.2 cm³/mol. The van der Waals surface area contributed by atoms with Gasteiger partial charge in [-0.1, -0.05) is 17.3 Å². The third-order valence-electron chi connectivity index (χ3n) is 1.87. The van der Waals surface area contributed by atoms with Crippen molar-refractivity contribution in [3.05, 3.63) is 35.6 Å². The third kappa shape index (κ3) is 1.88. The summed E-state index contributed by atoms with van der Waals surface area (Å²) in [4.78, 5) is 5.11. The monoisotopic (exact) mass is 243 g/mol. The topological polar surface area (TPSA) is 21.6 Å². The maximum atomic E-state index is 12.6. The number of halogens is 2. The molecule has 1 aliphatic rings. The van der Waals surface area contributed by atoms with Crippen molar-refractivity contribution in [3.63, 3.8) is 0 Å². The fourth-order valence-electron chi connectivity index (χ4n) is 1.20. The molecule has 1 aromatic rings. The van der Waals surface area contributed by atoms with E-state index in [0.717, 1.165) is 10.2 Å². The number of hydrogen-bond acceptors (Lipinski definition) is 2. The SMILES string of the molecule is Fc1ccc(C2CC(Br)=NO2)cc1. The fraction of sp³-hybridized carbons (Fsp3) is 0.222. The average molecular weight is 244 g/mol. The van der Waals surface area contributed by atoms with E-state index in [1.165, 1.54) is 12.1 Å². The smallest absolute Gasteiger partial charge is 0.158 e. The highest BCUT2D eigenvalue weighted by molar-refractivity contribution is 9.18. The van der Waals surface area contributed by atoms with E-state index < -0.39 is 0 Å². The number of benzene rings is 1. The lowest BCUT2D eigenvalue weighted by Gasteiger charge is -2.06. The Balaban J connectivity index is 2.14. The highest BCUT2D eigenvalue weighted by atomic mass is 79.9. The van der Waals surface area contributed by atoms with Gasteiger partial charge in [0.15, 0.2) is 6.10 Å². The van der Waals surface area contributed by atoms with Crippen LogP contribution in [0.4, 0.5) is 4.39 Å². The van der Waals surface area contributed by atoms with Crippen molar-refractivity contribution in [3.8, 4) is 0 Å². The zero-order valence-corrected chi connectivity index (χ0v) is 8.29. The van der Waals surface area contributed by atoms with Crippen molar-refractivity contribution >= 4 is 20.6 Å². The van der Waals surface area contributed by atoms with Crippen LogP contribution in [0, 0.1) is 5.82 Å². The van der Waals surface area contributed by atoms with Gasteiger partial charge in [0.05, 0.1) is 0 Å². The lowest BCUT2D eigenvalue weighted by Crippen LogP contribution is -1.96. The highest BCUT2D eigenvalue weighted by Crippen LogP contribution is 2.28. The first-order valence-electron chi connectivity index (χ1n) is 3.89. The third-order valence-corrected chi connectivity index (χ3v) is 2.34. The van der Waals surface area contributed by atoms with Crippen LogP contribution < -0.4 is 0 Å².